The summed E-state index contributed by atoms with van der Waals surface area (Å²) in [6, 6.07) is 4.12. The lowest BCUT2D eigenvalue weighted by molar-refractivity contribution is -0.116. The zero-order valence-corrected chi connectivity index (χ0v) is 30.4. The highest BCUT2D eigenvalue weighted by molar-refractivity contribution is 7.99. The van der Waals surface area contributed by atoms with Crippen LogP contribution in [0.4, 0.5) is 10.7 Å². The Morgan fingerprint density at radius 1 is 1.18 bits per heavy atom. The maximum absolute atomic E-state index is 12.4. The van der Waals surface area contributed by atoms with E-state index >= 15 is 0 Å². The number of aliphatic hydroxyl groups is 1. The molecule has 0 spiro atoms. The van der Waals surface area contributed by atoms with Crippen molar-refractivity contribution >= 4 is 62.8 Å². The molecule has 15 nitrogen and oxygen atoms in total. The monoisotopic (exact) mass is 740 g/mol. The molecule has 1 aliphatic rings. The molecular weight excluding hydrogens is 700 g/mol. The lowest BCUT2D eigenvalue weighted by Gasteiger charge is -2.25. The molecule has 0 saturated heterocycles. The summed E-state index contributed by atoms with van der Waals surface area (Å²) in [7, 11) is -1.92. The summed E-state index contributed by atoms with van der Waals surface area (Å²) >= 11 is 7.30. The number of ketones is 1. The van der Waals surface area contributed by atoms with Crippen molar-refractivity contribution < 1.29 is 42.2 Å². The largest absolute Gasteiger partial charge is 0.511 e. The van der Waals surface area contributed by atoms with Gasteiger partial charge >= 0.3 is 18.0 Å². The lowest BCUT2D eigenvalue weighted by Crippen LogP contribution is -2.35. The summed E-state index contributed by atoms with van der Waals surface area (Å²) < 4.78 is 36.0. The number of ether oxygens (including phenoxy) is 2. The predicted molar refractivity (Wildman–Crippen MR) is 187 cm³/mol. The minimum absolute atomic E-state index is 0.0375. The third kappa shape index (κ3) is 13.0. The number of halogens is 1. The molecule has 0 fully saturated rings. The van der Waals surface area contributed by atoms with Crippen molar-refractivity contribution in [1.82, 2.24) is 19.7 Å². The van der Waals surface area contributed by atoms with Gasteiger partial charge in [-0.3, -0.25) is 10.1 Å². The molecule has 3 N–H and O–H groups in total. The second-order valence-electron chi connectivity index (χ2n) is 10.3. The number of nitrogens with one attached hydrogen (secondary N) is 2. The number of amides is 2. The van der Waals surface area contributed by atoms with E-state index in [4.69, 9.17) is 21.2 Å². The molecular formula is C31H41ClN6O9S2. The van der Waals surface area contributed by atoms with Gasteiger partial charge in [0.05, 0.1) is 31.1 Å². The highest BCUT2D eigenvalue weighted by Gasteiger charge is 2.31. The number of thioether (sulfide) groups is 1. The van der Waals surface area contributed by atoms with Crippen molar-refractivity contribution in [3.8, 4) is 6.01 Å². The van der Waals surface area contributed by atoms with Crippen LogP contribution < -0.4 is 14.8 Å². The average Bonchev–Trinajstić information content (AvgIpc) is 3.04. The number of hydrogen-bond acceptors (Lipinski definition) is 14. The maximum Gasteiger partial charge on any atom is 0.339 e. The number of oxime groups is 1. The number of carbonyl (C=O) groups excluding carboxylic acids is 3. The third-order valence-corrected chi connectivity index (χ3v) is 9.30. The Balaban J connectivity index is 0.000000343. The molecule has 49 heavy (non-hydrogen) atoms. The van der Waals surface area contributed by atoms with Crippen LogP contribution >= 0.6 is 23.4 Å². The number of esters is 1. The van der Waals surface area contributed by atoms with Crippen LogP contribution in [0.3, 0.4) is 0 Å². The number of urea groups is 1. The zero-order chi connectivity index (χ0) is 36.6. The van der Waals surface area contributed by atoms with Gasteiger partial charge in [-0.2, -0.15) is 26.7 Å². The molecule has 1 aromatic heterocycles. The van der Waals surface area contributed by atoms with Crippen LogP contribution in [0.25, 0.3) is 0 Å². The Bertz CT molecular complexity index is 1670. The molecule has 2 amide bonds. The second-order valence-corrected chi connectivity index (χ2v) is 13.9. The van der Waals surface area contributed by atoms with Gasteiger partial charge in [0.15, 0.2) is 5.78 Å². The minimum Gasteiger partial charge on any atom is -0.511 e. The van der Waals surface area contributed by atoms with Crippen LogP contribution in [0, 0.1) is 12.8 Å². The zero-order valence-electron chi connectivity index (χ0n) is 28.1. The summed E-state index contributed by atoms with van der Waals surface area (Å²) in [5.41, 5.74) is 1.98. The highest BCUT2D eigenvalue weighted by Crippen LogP contribution is 2.32. The van der Waals surface area contributed by atoms with Gasteiger partial charge in [-0.1, -0.05) is 49.7 Å². The van der Waals surface area contributed by atoms with Crippen LogP contribution in [-0.4, -0.2) is 83.8 Å². The Hall–Kier alpha value is -4.22. The molecule has 1 aromatic carbocycles. The van der Waals surface area contributed by atoms with Crippen molar-refractivity contribution in [3.05, 3.63) is 58.6 Å². The third-order valence-electron chi connectivity index (χ3n) is 6.64. The summed E-state index contributed by atoms with van der Waals surface area (Å²) in [6.45, 7) is 7.97. The number of allylic oxidation sites excluding steroid dienone is 2. The quantitative estimate of drug-likeness (QED) is 0.0970. The molecule has 0 radical (unpaired) electrons. The normalized spacial score (nSPS) is 15.6. The van der Waals surface area contributed by atoms with Gasteiger partial charge in [-0.15, -0.1) is 0 Å². The van der Waals surface area contributed by atoms with Crippen molar-refractivity contribution in [2.24, 2.45) is 11.1 Å². The number of rotatable bonds is 14. The number of sulfonamides is 1. The Morgan fingerprint density at radius 3 is 2.51 bits per heavy atom. The Kier molecular flexibility index (Phi) is 17.0. The summed E-state index contributed by atoms with van der Waals surface area (Å²) in [4.78, 5) is 52.3. The number of anilines is 1. The molecule has 268 valence electrons. The smallest absolute Gasteiger partial charge is 0.339 e. The first kappa shape index (κ1) is 41.0. The van der Waals surface area contributed by atoms with Gasteiger partial charge in [-0.25, -0.2) is 22.7 Å². The molecule has 18 heteroatoms. The second kappa shape index (κ2) is 20.3. The van der Waals surface area contributed by atoms with Crippen molar-refractivity contribution in [2.75, 3.05) is 31.9 Å². The minimum atomic E-state index is -4.36. The van der Waals surface area contributed by atoms with Gasteiger partial charge in [0.25, 0.3) is 10.0 Å². The van der Waals surface area contributed by atoms with Crippen LogP contribution in [0.1, 0.15) is 62.6 Å². The van der Waals surface area contributed by atoms with E-state index in [-0.39, 0.29) is 47.4 Å². The number of methoxy groups -OCH3 is 2. The molecule has 0 aliphatic heterocycles. The van der Waals surface area contributed by atoms with E-state index in [1.807, 2.05) is 18.7 Å². The average molecular weight is 741 g/mol. The molecule has 0 bridgehead atoms. The van der Waals surface area contributed by atoms with E-state index in [9.17, 15) is 27.9 Å². The standard InChI is InChI=1S/C17H26ClNO3S.C14H15N5O6S/c1-4-14(19-22-8-6-7-18)17-15(20)10-13(11-16(17)21)9-12(3)23-5-2;1-8-15-12(18-14(16-8)25-3)17-13(21)19-26(22,23)10-7-5-4-6-9(10)11(20)24-2/h6-7,12-13,20H,4-5,8-11H2,1-3H3;4-7H,1-3H3,(H2,15,16,17,18,19,21)/b7-6+,19-14+;. The van der Waals surface area contributed by atoms with Gasteiger partial charge in [-0.05, 0) is 49.6 Å². The van der Waals surface area contributed by atoms with Gasteiger partial charge in [0.2, 0.25) is 5.95 Å². The maximum atomic E-state index is 12.4. The number of carbonyl (C=O) groups is 3. The fourth-order valence-electron chi connectivity index (χ4n) is 4.66. The van der Waals surface area contributed by atoms with E-state index in [2.05, 4.69) is 44.0 Å². The number of Topliss-reactive ketones (excluding diaryl/α,β-unsaturated/α-hetero) is 1. The van der Waals surface area contributed by atoms with E-state index in [0.717, 1.165) is 25.3 Å². The van der Waals surface area contributed by atoms with Gasteiger partial charge in [0.1, 0.15) is 23.1 Å². The van der Waals surface area contributed by atoms with Crippen LogP contribution in [0.15, 0.2) is 57.3 Å². The van der Waals surface area contributed by atoms with Gasteiger partial charge < -0.3 is 19.4 Å². The van der Waals surface area contributed by atoms with E-state index in [1.54, 1.807) is 10.8 Å². The van der Waals surface area contributed by atoms with Crippen LogP contribution in [0.5, 0.6) is 6.01 Å². The summed E-state index contributed by atoms with van der Waals surface area (Å²) in [6.07, 6.45) is 4.09. The van der Waals surface area contributed by atoms with Crippen molar-refractivity contribution in [3.63, 3.8) is 0 Å². The number of aliphatic hydroxyl groups excluding tert-OH is 1. The Morgan fingerprint density at radius 2 is 1.90 bits per heavy atom. The van der Waals surface area contributed by atoms with E-state index < -0.39 is 26.9 Å². The summed E-state index contributed by atoms with van der Waals surface area (Å²) in [5, 5.41) is 17.0. The van der Waals surface area contributed by atoms with Crippen LogP contribution in [-0.2, 0) is 24.4 Å². The number of nitrogens with zero attached hydrogens (tertiary/aromatic N) is 4. The Labute approximate surface area is 295 Å². The highest BCUT2D eigenvalue weighted by atomic mass is 35.5. The molecule has 2 atom stereocenters. The van der Waals surface area contributed by atoms with E-state index in [0.29, 0.717) is 35.8 Å². The summed E-state index contributed by atoms with van der Waals surface area (Å²) in [5.74, 6) is 0.578. The molecule has 2 unspecified atom stereocenters. The number of benzene rings is 1. The molecule has 0 saturated carbocycles. The molecule has 1 aliphatic carbocycles. The number of aryl methyl sites for hydroxylation is 1. The molecule has 1 heterocycles. The number of hydrogen-bond donors (Lipinski definition) is 3. The first-order valence-corrected chi connectivity index (χ1v) is 18.1. The van der Waals surface area contributed by atoms with Crippen molar-refractivity contribution in [2.45, 2.75) is 63.5 Å². The SMILES string of the molecule is CCSC(C)CC1CC(=O)C(/C(CC)=N/OC/C=C/Cl)=C(O)C1.COC(=O)c1ccccc1S(=O)(=O)NC(=O)Nc1nc(C)nc(OC)n1. The van der Waals surface area contributed by atoms with Crippen molar-refractivity contribution in [1.29, 1.82) is 0 Å². The molecule has 3 rings (SSSR count). The predicted octanol–water partition coefficient (Wildman–Crippen LogP) is 5.33. The number of aromatic nitrogens is 3. The van der Waals surface area contributed by atoms with Gasteiger partial charge in [0, 0.05) is 23.6 Å². The fourth-order valence-corrected chi connectivity index (χ4v) is 6.81. The fraction of sp³-hybridized carbons (Fsp3) is 0.452. The van der Waals surface area contributed by atoms with Crippen LogP contribution in [0.2, 0.25) is 0 Å². The molecule has 2 aromatic rings. The topological polar surface area (TPSA) is 208 Å². The first-order valence-electron chi connectivity index (χ1n) is 15.1. The first-order chi connectivity index (χ1) is 23.3. The van der Waals surface area contributed by atoms with E-state index in [1.165, 1.54) is 37.8 Å². The lowest BCUT2D eigenvalue weighted by atomic mass is 9.82.